The summed E-state index contributed by atoms with van der Waals surface area (Å²) in [4.78, 5) is 21.6. The van der Waals surface area contributed by atoms with Gasteiger partial charge >= 0.3 is 0 Å². The number of hydrogen-bond acceptors (Lipinski definition) is 6. The van der Waals surface area contributed by atoms with Crippen LogP contribution in [0.5, 0.6) is 5.75 Å². The normalized spacial score (nSPS) is 10.9. The van der Waals surface area contributed by atoms with Crippen molar-refractivity contribution in [2.75, 3.05) is 12.4 Å². The number of amides is 1. The third-order valence-corrected chi connectivity index (χ3v) is 5.60. The van der Waals surface area contributed by atoms with E-state index in [9.17, 15) is 9.18 Å². The molecule has 30 heavy (non-hydrogen) atoms. The smallest absolute Gasteiger partial charge is 0.267 e. The fourth-order valence-corrected chi connectivity index (χ4v) is 4.16. The predicted molar refractivity (Wildman–Crippen MR) is 113 cm³/mol. The number of methoxy groups -OCH3 is 1. The minimum Gasteiger partial charge on any atom is -0.485 e. The summed E-state index contributed by atoms with van der Waals surface area (Å²) >= 11 is 1.21. The molecule has 1 N–H and O–H groups in total. The van der Waals surface area contributed by atoms with E-state index in [1.54, 1.807) is 42.9 Å². The minimum absolute atomic E-state index is 0.122. The Morgan fingerprint density at radius 3 is 2.73 bits per heavy atom. The number of anilines is 1. The van der Waals surface area contributed by atoms with Crippen LogP contribution in [-0.2, 0) is 18.0 Å². The second-order valence-electron chi connectivity index (χ2n) is 6.40. The number of aromatic nitrogens is 2. The molecule has 0 atom stereocenters. The molecule has 6 nitrogen and oxygen atoms in total. The fourth-order valence-electron chi connectivity index (χ4n) is 3.04. The second kappa shape index (κ2) is 8.98. The lowest BCUT2D eigenvalue weighted by Gasteiger charge is -2.11. The maximum Gasteiger partial charge on any atom is 0.267 e. The summed E-state index contributed by atoms with van der Waals surface area (Å²) in [6.45, 7) is 0.428. The first-order chi connectivity index (χ1) is 14.7. The van der Waals surface area contributed by atoms with Gasteiger partial charge in [0, 0.05) is 41.3 Å². The van der Waals surface area contributed by atoms with Gasteiger partial charge in [0.1, 0.15) is 12.4 Å². The highest BCUT2D eigenvalue weighted by Crippen LogP contribution is 2.34. The van der Waals surface area contributed by atoms with Crippen LogP contribution in [0.1, 0.15) is 20.8 Å². The van der Waals surface area contributed by atoms with Crippen LogP contribution in [0.15, 0.2) is 61.1 Å². The van der Waals surface area contributed by atoms with E-state index in [4.69, 9.17) is 9.47 Å². The number of pyridine rings is 2. The molecule has 4 aromatic rings. The molecule has 1 amide bonds. The van der Waals surface area contributed by atoms with Crippen LogP contribution in [0.25, 0.3) is 10.1 Å². The molecule has 8 heteroatoms. The molecule has 152 valence electrons. The van der Waals surface area contributed by atoms with Crippen molar-refractivity contribution in [3.05, 3.63) is 82.9 Å². The minimum atomic E-state index is -0.393. The van der Waals surface area contributed by atoms with Crippen LogP contribution in [0.2, 0.25) is 0 Å². The molecule has 0 aliphatic rings. The monoisotopic (exact) mass is 423 g/mol. The average molecular weight is 423 g/mol. The van der Waals surface area contributed by atoms with E-state index in [-0.39, 0.29) is 18.2 Å². The molecule has 3 aromatic heterocycles. The molecule has 4 rings (SSSR count). The average Bonchev–Trinajstić information content (AvgIpc) is 3.14. The Labute approximate surface area is 176 Å². The molecular weight excluding hydrogens is 405 g/mol. The number of carbonyl (C=O) groups is 1. The Morgan fingerprint density at radius 2 is 1.93 bits per heavy atom. The van der Waals surface area contributed by atoms with Crippen molar-refractivity contribution in [2.24, 2.45) is 0 Å². The van der Waals surface area contributed by atoms with Crippen molar-refractivity contribution in [1.82, 2.24) is 9.97 Å². The zero-order chi connectivity index (χ0) is 20.9. The van der Waals surface area contributed by atoms with Crippen LogP contribution < -0.4 is 10.1 Å². The Bertz CT molecular complexity index is 1180. The summed E-state index contributed by atoms with van der Waals surface area (Å²) < 4.78 is 26.1. The predicted octanol–water partition coefficient (Wildman–Crippen LogP) is 4.81. The summed E-state index contributed by atoms with van der Waals surface area (Å²) in [5, 5.41) is 3.19. The number of nitrogens with one attached hydrogen (secondary N) is 1. The number of fused-ring (bicyclic) bond motifs is 1. The van der Waals surface area contributed by atoms with Crippen molar-refractivity contribution in [3.8, 4) is 5.75 Å². The summed E-state index contributed by atoms with van der Waals surface area (Å²) in [6.07, 6.45) is 4.93. The first-order valence-electron chi connectivity index (χ1n) is 9.14. The van der Waals surface area contributed by atoms with E-state index in [0.29, 0.717) is 32.9 Å². The molecule has 0 saturated heterocycles. The van der Waals surface area contributed by atoms with Gasteiger partial charge in [-0.25, -0.2) is 9.37 Å². The van der Waals surface area contributed by atoms with Crippen LogP contribution in [-0.4, -0.2) is 23.0 Å². The van der Waals surface area contributed by atoms with Gasteiger partial charge in [0.15, 0.2) is 11.6 Å². The Morgan fingerprint density at radius 1 is 1.10 bits per heavy atom. The number of nitrogens with zero attached hydrogens (tertiary/aromatic N) is 2. The Hall–Kier alpha value is -3.36. The molecule has 3 heterocycles. The zero-order valence-corrected chi connectivity index (χ0v) is 16.9. The van der Waals surface area contributed by atoms with E-state index < -0.39 is 5.91 Å². The van der Waals surface area contributed by atoms with Gasteiger partial charge < -0.3 is 14.8 Å². The van der Waals surface area contributed by atoms with E-state index in [2.05, 4.69) is 15.3 Å². The highest BCUT2D eigenvalue weighted by Gasteiger charge is 2.22. The highest BCUT2D eigenvalue weighted by molar-refractivity contribution is 7.21. The summed E-state index contributed by atoms with van der Waals surface area (Å²) in [7, 11) is 1.51. The lowest BCUT2D eigenvalue weighted by atomic mass is 10.1. The van der Waals surface area contributed by atoms with Gasteiger partial charge in [-0.3, -0.25) is 9.78 Å². The molecular formula is C22H18FN3O3S. The van der Waals surface area contributed by atoms with Crippen molar-refractivity contribution in [1.29, 1.82) is 0 Å². The van der Waals surface area contributed by atoms with Gasteiger partial charge in [-0.2, -0.15) is 0 Å². The molecule has 0 fully saturated rings. The number of carbonyl (C=O) groups excluding carboxylic acids is 1. The summed E-state index contributed by atoms with van der Waals surface area (Å²) in [5.74, 6) is -0.0507. The van der Waals surface area contributed by atoms with E-state index >= 15 is 0 Å². The van der Waals surface area contributed by atoms with Gasteiger partial charge in [0.2, 0.25) is 0 Å². The number of rotatable bonds is 7. The summed E-state index contributed by atoms with van der Waals surface area (Å²) in [5.41, 5.74) is 1.46. The largest absolute Gasteiger partial charge is 0.485 e. The van der Waals surface area contributed by atoms with Crippen LogP contribution in [0.3, 0.4) is 0 Å². The lowest BCUT2D eigenvalue weighted by molar-refractivity contribution is 0.102. The number of ether oxygens (including phenoxy) is 2. The van der Waals surface area contributed by atoms with Crippen LogP contribution in [0, 0.1) is 5.82 Å². The second-order valence-corrected chi connectivity index (χ2v) is 7.46. The molecule has 0 bridgehead atoms. The molecule has 0 radical (unpaired) electrons. The topological polar surface area (TPSA) is 73.3 Å². The van der Waals surface area contributed by atoms with Crippen molar-refractivity contribution in [3.63, 3.8) is 0 Å². The highest BCUT2D eigenvalue weighted by atomic mass is 32.1. The first kappa shape index (κ1) is 19.9. The summed E-state index contributed by atoms with van der Waals surface area (Å²) in [6, 6.07) is 11.9. The number of benzene rings is 1. The molecule has 1 aromatic carbocycles. The molecule has 0 saturated carbocycles. The van der Waals surface area contributed by atoms with E-state index in [0.717, 1.165) is 5.56 Å². The third-order valence-electron chi connectivity index (χ3n) is 4.40. The van der Waals surface area contributed by atoms with Gasteiger partial charge in [-0.15, -0.1) is 11.3 Å². The number of hydrogen-bond donors (Lipinski definition) is 1. The van der Waals surface area contributed by atoms with Gasteiger partial charge in [0.05, 0.1) is 11.5 Å². The molecule has 0 spiro atoms. The van der Waals surface area contributed by atoms with Crippen molar-refractivity contribution in [2.45, 2.75) is 13.2 Å². The van der Waals surface area contributed by atoms with Crippen LogP contribution in [0.4, 0.5) is 10.2 Å². The zero-order valence-electron chi connectivity index (χ0n) is 16.1. The number of thiophene rings is 1. The third kappa shape index (κ3) is 4.14. The van der Waals surface area contributed by atoms with Crippen molar-refractivity contribution < 1.29 is 18.7 Å². The molecule has 0 aliphatic heterocycles. The van der Waals surface area contributed by atoms with Gasteiger partial charge in [0.25, 0.3) is 5.91 Å². The van der Waals surface area contributed by atoms with Gasteiger partial charge in [-0.1, -0.05) is 6.07 Å². The Balaban J connectivity index is 1.60. The fraction of sp³-hybridized carbons (Fsp3) is 0.136. The van der Waals surface area contributed by atoms with Crippen molar-refractivity contribution >= 4 is 33.1 Å². The molecule has 0 aliphatic carbocycles. The van der Waals surface area contributed by atoms with E-state index in [1.165, 1.54) is 24.5 Å². The lowest BCUT2D eigenvalue weighted by Crippen LogP contribution is -2.14. The maximum atomic E-state index is 14.4. The number of halogens is 1. The van der Waals surface area contributed by atoms with Gasteiger partial charge in [-0.05, 0) is 42.0 Å². The standard InChI is InChI=1S/C22H18FN3O3S/c1-28-13-15-19-16(23)4-2-6-18(19)30-20(15)22(27)26-21-17(5-3-9-25-21)29-12-14-7-10-24-11-8-14/h2-11H,12-13H2,1H3,(H,25,26,27). The maximum absolute atomic E-state index is 14.4. The SMILES string of the molecule is COCc1c(C(=O)Nc2ncccc2OCc2ccncc2)sc2cccc(F)c12. The first-order valence-corrected chi connectivity index (χ1v) is 9.96. The Kier molecular flexibility index (Phi) is 5.97. The van der Waals surface area contributed by atoms with Crippen LogP contribution >= 0.6 is 11.3 Å². The quantitative estimate of drug-likeness (QED) is 0.462. The molecule has 0 unspecified atom stereocenters. The van der Waals surface area contributed by atoms with E-state index in [1.807, 2.05) is 12.1 Å².